The van der Waals surface area contributed by atoms with Crippen molar-refractivity contribution in [1.82, 2.24) is 5.32 Å². The second-order valence-corrected chi connectivity index (χ2v) is 1.74. The van der Waals surface area contributed by atoms with Gasteiger partial charge in [-0.3, -0.25) is 0 Å². The quantitative estimate of drug-likeness (QED) is 0.420. The van der Waals surface area contributed by atoms with Gasteiger partial charge >= 0.3 is 0 Å². The Bertz CT molecular complexity index is 70.9. The zero-order valence-corrected chi connectivity index (χ0v) is 5.33. The van der Waals surface area contributed by atoms with Gasteiger partial charge in [-0.25, -0.2) is 0 Å². The van der Waals surface area contributed by atoms with Crippen LogP contribution < -0.4 is 5.32 Å². The zero-order chi connectivity index (χ0) is 6.24. The van der Waals surface area contributed by atoms with Crippen molar-refractivity contribution in [2.75, 3.05) is 13.6 Å². The van der Waals surface area contributed by atoms with Gasteiger partial charge in [-0.05, 0) is 32.9 Å². The fraction of sp³-hybridized carbons (Fsp3) is 0.714. The number of hydrogen-bond donors (Lipinski definition) is 1. The van der Waals surface area contributed by atoms with Gasteiger partial charge in [0.1, 0.15) is 0 Å². The van der Waals surface area contributed by atoms with E-state index in [-0.39, 0.29) is 0 Å². The van der Waals surface area contributed by atoms with E-state index in [4.69, 9.17) is 6.42 Å². The third kappa shape index (κ3) is 5.52. The molecule has 0 aromatic rings. The lowest BCUT2D eigenvalue weighted by molar-refractivity contribution is 0.689. The van der Waals surface area contributed by atoms with Crippen LogP contribution in [0, 0.1) is 12.3 Å². The van der Waals surface area contributed by atoms with E-state index in [0.29, 0.717) is 0 Å². The van der Waals surface area contributed by atoms with Crippen LogP contribution in [0.4, 0.5) is 0 Å². The Morgan fingerprint density at radius 3 is 2.75 bits per heavy atom. The lowest BCUT2D eigenvalue weighted by Gasteiger charge is -1.92. The molecule has 1 nitrogen and oxygen atoms in total. The molecular formula is C7H12N. The van der Waals surface area contributed by atoms with Crippen molar-refractivity contribution in [3.05, 3.63) is 6.42 Å². The van der Waals surface area contributed by atoms with E-state index in [1.165, 1.54) is 0 Å². The molecule has 0 atom stereocenters. The van der Waals surface area contributed by atoms with Gasteiger partial charge in [-0.1, -0.05) is 5.92 Å². The van der Waals surface area contributed by atoms with Gasteiger partial charge in [0, 0.05) is 6.42 Å². The number of rotatable bonds is 4. The van der Waals surface area contributed by atoms with Crippen molar-refractivity contribution in [3.8, 4) is 5.92 Å². The van der Waals surface area contributed by atoms with Gasteiger partial charge < -0.3 is 5.32 Å². The molecule has 45 valence electrons. The average Bonchev–Trinajstić information content (AvgIpc) is 1.81. The predicted octanol–water partition coefficient (Wildman–Crippen LogP) is 0.966. The third-order valence-corrected chi connectivity index (χ3v) is 0.979. The molecule has 0 saturated heterocycles. The van der Waals surface area contributed by atoms with E-state index in [0.717, 1.165) is 25.8 Å². The summed E-state index contributed by atoms with van der Waals surface area (Å²) in [5.41, 5.74) is 0. The molecule has 0 aliphatic heterocycles. The van der Waals surface area contributed by atoms with Crippen molar-refractivity contribution in [2.24, 2.45) is 0 Å². The summed E-state index contributed by atoms with van der Waals surface area (Å²) in [7, 11) is 1.94. The summed E-state index contributed by atoms with van der Waals surface area (Å²) < 4.78 is 0. The first kappa shape index (κ1) is 7.52. The summed E-state index contributed by atoms with van der Waals surface area (Å²) in [6.07, 6.45) is 9.62. The second-order valence-electron chi connectivity index (χ2n) is 1.74. The number of hydrogen-bond acceptors (Lipinski definition) is 1. The maximum Gasteiger partial charge on any atom is 0.00994 e. The molecule has 0 heterocycles. The Balaban J connectivity index is 2.65. The average molecular weight is 110 g/mol. The lowest BCUT2D eigenvalue weighted by atomic mass is 10.2. The molecule has 0 aromatic heterocycles. The van der Waals surface area contributed by atoms with Crippen LogP contribution in [0.15, 0.2) is 0 Å². The van der Waals surface area contributed by atoms with Crippen LogP contribution in [0.1, 0.15) is 19.3 Å². The van der Waals surface area contributed by atoms with E-state index < -0.39 is 0 Å². The Morgan fingerprint density at radius 2 is 2.25 bits per heavy atom. The van der Waals surface area contributed by atoms with Crippen molar-refractivity contribution >= 4 is 0 Å². The van der Waals surface area contributed by atoms with E-state index in [1.54, 1.807) is 0 Å². The molecule has 0 spiro atoms. The van der Waals surface area contributed by atoms with E-state index in [1.807, 2.05) is 7.05 Å². The minimum atomic E-state index is 0.807. The third-order valence-electron chi connectivity index (χ3n) is 0.979. The predicted molar refractivity (Wildman–Crippen MR) is 34.9 cm³/mol. The van der Waals surface area contributed by atoms with Crippen molar-refractivity contribution < 1.29 is 0 Å². The number of nitrogens with one attached hydrogen (secondary N) is 1. The van der Waals surface area contributed by atoms with E-state index in [2.05, 4.69) is 11.2 Å². The minimum absolute atomic E-state index is 0.807. The molecule has 1 N–H and O–H groups in total. The second kappa shape index (κ2) is 6.52. The smallest absolute Gasteiger partial charge is 0.00994 e. The highest BCUT2D eigenvalue weighted by Crippen LogP contribution is 1.89. The first-order valence-corrected chi connectivity index (χ1v) is 2.96. The van der Waals surface area contributed by atoms with Gasteiger partial charge in [-0.15, -0.1) is 0 Å². The molecule has 0 saturated carbocycles. The Kier molecular flexibility index (Phi) is 6.13. The Labute approximate surface area is 51.5 Å². The number of unbranched alkanes of at least 4 members (excludes halogenated alkanes) is 2. The molecular weight excluding hydrogens is 98.1 g/mol. The minimum Gasteiger partial charge on any atom is -0.320 e. The fourth-order valence-electron chi connectivity index (χ4n) is 0.515. The first-order chi connectivity index (χ1) is 3.91. The Hall–Kier alpha value is -0.480. The SMILES string of the molecule is [C]#CCCCCNC. The summed E-state index contributed by atoms with van der Waals surface area (Å²) in [5.74, 6) is 2.35. The molecule has 1 radical (unpaired) electrons. The van der Waals surface area contributed by atoms with Gasteiger partial charge in [0.05, 0.1) is 0 Å². The maximum absolute atomic E-state index is 6.57. The largest absolute Gasteiger partial charge is 0.320 e. The zero-order valence-electron chi connectivity index (χ0n) is 5.33. The molecule has 0 fully saturated rings. The summed E-state index contributed by atoms with van der Waals surface area (Å²) in [6, 6.07) is 0. The summed E-state index contributed by atoms with van der Waals surface area (Å²) in [6.45, 7) is 1.06. The molecule has 0 aromatic carbocycles. The molecule has 0 bridgehead atoms. The van der Waals surface area contributed by atoms with Crippen molar-refractivity contribution in [1.29, 1.82) is 0 Å². The summed E-state index contributed by atoms with van der Waals surface area (Å²) in [4.78, 5) is 0. The molecule has 0 aliphatic carbocycles. The standard InChI is InChI=1S/C7H12N/c1-3-4-5-6-7-8-2/h8H,4-7H2,2H3. The van der Waals surface area contributed by atoms with Gasteiger partial charge in [0.2, 0.25) is 0 Å². The molecule has 0 rings (SSSR count). The topological polar surface area (TPSA) is 12.0 Å². The van der Waals surface area contributed by atoms with Crippen LogP contribution in [0.25, 0.3) is 0 Å². The van der Waals surface area contributed by atoms with E-state index in [9.17, 15) is 0 Å². The summed E-state index contributed by atoms with van der Waals surface area (Å²) in [5, 5.41) is 3.04. The molecule has 0 amide bonds. The maximum atomic E-state index is 6.57. The van der Waals surface area contributed by atoms with Crippen LogP contribution in [0.2, 0.25) is 0 Å². The fourth-order valence-corrected chi connectivity index (χ4v) is 0.515. The van der Waals surface area contributed by atoms with Crippen molar-refractivity contribution in [2.45, 2.75) is 19.3 Å². The monoisotopic (exact) mass is 110 g/mol. The molecule has 8 heavy (non-hydrogen) atoms. The van der Waals surface area contributed by atoms with Crippen LogP contribution in [-0.4, -0.2) is 13.6 Å². The van der Waals surface area contributed by atoms with Crippen LogP contribution in [0.3, 0.4) is 0 Å². The van der Waals surface area contributed by atoms with Crippen LogP contribution in [0.5, 0.6) is 0 Å². The molecule has 0 unspecified atom stereocenters. The highest BCUT2D eigenvalue weighted by Gasteiger charge is 1.81. The summed E-state index contributed by atoms with van der Waals surface area (Å²) >= 11 is 0. The molecule has 1 heteroatoms. The highest BCUT2D eigenvalue weighted by atomic mass is 14.8. The van der Waals surface area contributed by atoms with Crippen molar-refractivity contribution in [3.63, 3.8) is 0 Å². The Morgan fingerprint density at radius 1 is 1.50 bits per heavy atom. The van der Waals surface area contributed by atoms with Gasteiger partial charge in [0.15, 0.2) is 0 Å². The van der Waals surface area contributed by atoms with Gasteiger partial charge in [-0.2, -0.15) is 0 Å². The molecule has 0 aliphatic rings. The normalized spacial score (nSPS) is 8.50. The first-order valence-electron chi connectivity index (χ1n) is 2.96. The van der Waals surface area contributed by atoms with Crippen LogP contribution in [-0.2, 0) is 0 Å². The lowest BCUT2D eigenvalue weighted by Crippen LogP contribution is -2.06. The van der Waals surface area contributed by atoms with Crippen LogP contribution >= 0.6 is 0 Å². The van der Waals surface area contributed by atoms with Gasteiger partial charge in [0.25, 0.3) is 0 Å². The van der Waals surface area contributed by atoms with E-state index >= 15 is 0 Å². The highest BCUT2D eigenvalue weighted by molar-refractivity contribution is 4.74.